The number of esters is 1. The Bertz CT molecular complexity index is 1830. The van der Waals surface area contributed by atoms with E-state index in [1.165, 1.54) is 35.6 Å². The van der Waals surface area contributed by atoms with Gasteiger partial charge in [-0.2, -0.15) is 22.6 Å². The molecule has 48 heavy (non-hydrogen) atoms. The fourth-order valence-corrected chi connectivity index (χ4v) is 7.96. The number of sulfonamides is 2. The molecule has 3 heterocycles. The van der Waals surface area contributed by atoms with E-state index in [0.29, 0.717) is 19.3 Å². The molecule has 1 spiro atoms. The minimum Gasteiger partial charge on any atom is -0.490 e. The van der Waals surface area contributed by atoms with Gasteiger partial charge in [0.05, 0.1) is 28.2 Å². The molecule has 2 aliphatic rings. The summed E-state index contributed by atoms with van der Waals surface area (Å²) >= 11 is 0. The average Bonchev–Trinajstić information content (AvgIpc) is 3.68. The number of nitrogens with zero attached hydrogens (tertiary/aromatic N) is 3. The van der Waals surface area contributed by atoms with Crippen LogP contribution in [0.2, 0.25) is 0 Å². The van der Waals surface area contributed by atoms with Crippen LogP contribution in [-0.4, -0.2) is 101 Å². The summed E-state index contributed by atoms with van der Waals surface area (Å²) in [6, 6.07) is 11.7. The van der Waals surface area contributed by atoms with Gasteiger partial charge in [-0.25, -0.2) is 26.4 Å². The molecule has 262 valence electrons. The van der Waals surface area contributed by atoms with E-state index in [-0.39, 0.29) is 47.8 Å². The van der Waals surface area contributed by atoms with Crippen LogP contribution in [0.15, 0.2) is 70.7 Å². The zero-order chi connectivity index (χ0) is 34.7. The number of halogens is 3. The lowest BCUT2D eigenvalue weighted by atomic mass is 9.88. The van der Waals surface area contributed by atoms with Gasteiger partial charge in [0.1, 0.15) is 18.5 Å². The molecule has 0 bridgehead atoms. The van der Waals surface area contributed by atoms with Crippen LogP contribution in [0.3, 0.4) is 0 Å². The number of rotatable bonds is 12. The molecule has 0 amide bonds. The lowest BCUT2D eigenvalue weighted by Gasteiger charge is -2.38. The maximum Gasteiger partial charge on any atom is 0.490 e. The molecular weight excluding hydrogens is 679 g/mol. The number of carbonyl (C=O) groups is 1. The van der Waals surface area contributed by atoms with Crippen molar-refractivity contribution in [2.24, 2.45) is 7.05 Å². The van der Waals surface area contributed by atoms with E-state index in [1.807, 2.05) is 6.07 Å². The first-order valence-corrected chi connectivity index (χ1v) is 17.9. The van der Waals surface area contributed by atoms with Crippen molar-refractivity contribution in [3.8, 4) is 16.9 Å². The highest BCUT2D eigenvalue weighted by Gasteiger charge is 2.46. The normalized spacial score (nSPS) is 19.3. The number of hydrogen-bond acceptors (Lipinski definition) is 10. The Morgan fingerprint density at radius 1 is 1.08 bits per heavy atom. The second-order valence-electron chi connectivity index (χ2n) is 11.7. The summed E-state index contributed by atoms with van der Waals surface area (Å²) in [4.78, 5) is 11.7. The second kappa shape index (κ2) is 14.1. The van der Waals surface area contributed by atoms with Crippen molar-refractivity contribution >= 4 is 26.0 Å². The fraction of sp³-hybridized carbons (Fsp3) is 0.467. The van der Waals surface area contributed by atoms with Crippen LogP contribution >= 0.6 is 0 Å². The molecule has 2 aliphatic heterocycles. The number of ether oxygens (including phenoxy) is 3. The van der Waals surface area contributed by atoms with Crippen molar-refractivity contribution in [3.05, 3.63) is 60.9 Å². The molecule has 18 heteroatoms. The summed E-state index contributed by atoms with van der Waals surface area (Å²) in [5.41, 5.74) is 0.890. The van der Waals surface area contributed by atoms with E-state index < -0.39 is 50.5 Å². The third-order valence-corrected chi connectivity index (χ3v) is 11.6. The molecule has 0 saturated carbocycles. The Kier molecular flexibility index (Phi) is 10.5. The molecule has 2 fully saturated rings. The van der Waals surface area contributed by atoms with Crippen LogP contribution < -0.4 is 14.8 Å². The summed E-state index contributed by atoms with van der Waals surface area (Å²) < 4.78 is 112. The SMILES string of the molecule is CNS(=O)(=O)c1cccc(OC[C@H](CNC2COC3(CCN(S(=O)(=O)c4cccc(-c5cnn(C)c5)c4)CC3)C2)OC(=O)C(F)(F)F)c1. The Morgan fingerprint density at radius 3 is 2.46 bits per heavy atom. The quantitative estimate of drug-likeness (QED) is 0.267. The Morgan fingerprint density at radius 2 is 1.79 bits per heavy atom. The van der Waals surface area contributed by atoms with E-state index >= 15 is 0 Å². The Balaban J connectivity index is 1.18. The van der Waals surface area contributed by atoms with Crippen LogP contribution in [0, 0.1) is 0 Å². The van der Waals surface area contributed by atoms with Gasteiger partial charge in [-0.15, -0.1) is 0 Å². The predicted octanol–water partition coefficient (Wildman–Crippen LogP) is 2.45. The number of alkyl halides is 3. The molecule has 13 nitrogen and oxygen atoms in total. The number of nitrogens with one attached hydrogen (secondary N) is 2. The van der Waals surface area contributed by atoms with Gasteiger partial charge < -0.3 is 19.5 Å². The lowest BCUT2D eigenvalue weighted by Crippen LogP contribution is -2.47. The van der Waals surface area contributed by atoms with Crippen molar-refractivity contribution in [2.75, 3.05) is 39.9 Å². The third-order valence-electron chi connectivity index (χ3n) is 8.31. The van der Waals surface area contributed by atoms with E-state index in [2.05, 4.69) is 19.9 Å². The molecule has 5 rings (SSSR count). The molecule has 3 aromatic rings. The van der Waals surface area contributed by atoms with E-state index in [9.17, 15) is 34.8 Å². The highest BCUT2D eigenvalue weighted by atomic mass is 32.2. The van der Waals surface area contributed by atoms with Gasteiger partial charge in [0.15, 0.2) is 0 Å². The molecule has 0 aliphatic carbocycles. The third kappa shape index (κ3) is 8.35. The summed E-state index contributed by atoms with van der Waals surface area (Å²) in [6.07, 6.45) is -1.87. The lowest BCUT2D eigenvalue weighted by molar-refractivity contribution is -0.205. The molecule has 2 N–H and O–H groups in total. The number of aromatic nitrogens is 2. The van der Waals surface area contributed by atoms with Crippen molar-refractivity contribution in [1.29, 1.82) is 0 Å². The van der Waals surface area contributed by atoms with E-state index in [4.69, 9.17) is 9.47 Å². The average molecular weight is 716 g/mol. The molecule has 1 aromatic heterocycles. The number of aryl methyl sites for hydroxylation is 1. The van der Waals surface area contributed by atoms with Crippen molar-refractivity contribution in [1.82, 2.24) is 24.1 Å². The first kappa shape index (κ1) is 35.7. The first-order valence-electron chi connectivity index (χ1n) is 15.0. The maximum atomic E-state index is 13.5. The summed E-state index contributed by atoms with van der Waals surface area (Å²) in [5.74, 6) is -2.34. The number of carbonyl (C=O) groups excluding carboxylic acids is 1. The fourth-order valence-electron chi connectivity index (χ4n) is 5.70. The maximum absolute atomic E-state index is 13.5. The van der Waals surface area contributed by atoms with Crippen molar-refractivity contribution in [2.45, 2.75) is 53.0 Å². The topological polar surface area (TPSA) is 158 Å². The van der Waals surface area contributed by atoms with Gasteiger partial charge in [0.2, 0.25) is 20.0 Å². The van der Waals surface area contributed by atoms with Crippen LogP contribution in [-0.2, 0) is 41.4 Å². The number of benzene rings is 2. The van der Waals surface area contributed by atoms with Gasteiger partial charge in [0, 0.05) is 50.6 Å². The van der Waals surface area contributed by atoms with Gasteiger partial charge in [-0.3, -0.25) is 4.68 Å². The molecule has 2 aromatic carbocycles. The summed E-state index contributed by atoms with van der Waals surface area (Å²) in [6.45, 7) is -0.0629. The number of piperidine rings is 1. The predicted molar refractivity (Wildman–Crippen MR) is 166 cm³/mol. The standard InChI is InChI=1S/C30H36F3N5O8S2/c1-34-47(40,41)26-7-4-6-24(14-26)44-20-25(46-28(39)30(31,32)33)17-35-23-15-29(45-19-23)9-11-38(12-10-29)48(42,43)27-8-3-5-21(13-27)22-16-36-37(2)18-22/h3-8,13-14,16,18,23,25,34-35H,9-12,15,17,19-20H2,1-2H3/t23?,25-/m0/s1. The summed E-state index contributed by atoms with van der Waals surface area (Å²) in [5, 5.41) is 7.23. The largest absolute Gasteiger partial charge is 0.490 e. The molecule has 2 saturated heterocycles. The molecule has 0 radical (unpaired) electrons. The van der Waals surface area contributed by atoms with E-state index in [1.54, 1.807) is 42.3 Å². The minimum atomic E-state index is -5.23. The van der Waals surface area contributed by atoms with Crippen LogP contribution in [0.25, 0.3) is 11.1 Å². The molecule has 1 unspecified atom stereocenters. The second-order valence-corrected chi connectivity index (χ2v) is 15.5. The first-order chi connectivity index (χ1) is 22.6. The van der Waals surface area contributed by atoms with Crippen LogP contribution in [0.5, 0.6) is 5.75 Å². The van der Waals surface area contributed by atoms with Crippen molar-refractivity contribution in [3.63, 3.8) is 0 Å². The monoisotopic (exact) mass is 715 g/mol. The van der Waals surface area contributed by atoms with Gasteiger partial charge in [-0.1, -0.05) is 18.2 Å². The molecule has 2 atom stereocenters. The Hall–Kier alpha value is -3.55. The number of hydrogen-bond donors (Lipinski definition) is 2. The van der Waals surface area contributed by atoms with E-state index in [0.717, 1.165) is 11.1 Å². The Labute approximate surface area is 276 Å². The van der Waals surface area contributed by atoms with Gasteiger partial charge >= 0.3 is 12.1 Å². The van der Waals surface area contributed by atoms with Crippen LogP contribution in [0.1, 0.15) is 19.3 Å². The highest BCUT2D eigenvalue weighted by molar-refractivity contribution is 7.89. The van der Waals surface area contributed by atoms with Gasteiger partial charge in [-0.05, 0) is 56.1 Å². The molecular formula is C30H36F3N5O8S2. The minimum absolute atomic E-state index is 0.0491. The van der Waals surface area contributed by atoms with Crippen molar-refractivity contribution < 1.29 is 49.0 Å². The summed E-state index contributed by atoms with van der Waals surface area (Å²) in [7, 11) is -4.58. The smallest absolute Gasteiger partial charge is 0.490 e. The van der Waals surface area contributed by atoms with Gasteiger partial charge in [0.25, 0.3) is 0 Å². The zero-order valence-electron chi connectivity index (χ0n) is 26.1. The van der Waals surface area contributed by atoms with Crippen LogP contribution in [0.4, 0.5) is 13.2 Å². The highest BCUT2D eigenvalue weighted by Crippen LogP contribution is 2.38. The zero-order valence-corrected chi connectivity index (χ0v) is 27.8.